The quantitative estimate of drug-likeness (QED) is 0.683. The predicted molar refractivity (Wildman–Crippen MR) is 100 cm³/mol. The van der Waals surface area contributed by atoms with Gasteiger partial charge in [-0.2, -0.15) is 18.4 Å². The molecule has 0 fully saturated rings. The number of halogens is 3. The average Bonchev–Trinajstić information content (AvgIpc) is 2.60. The first-order valence-corrected chi connectivity index (χ1v) is 10.3. The first-order valence-electron chi connectivity index (χ1n) is 7.92. The van der Waals surface area contributed by atoms with Gasteiger partial charge in [0.2, 0.25) is 15.9 Å². The molecule has 3 N–H and O–H groups in total. The van der Waals surface area contributed by atoms with E-state index >= 15 is 0 Å². The number of nitrogens with one attached hydrogen (secondary N) is 1. The first kappa shape index (κ1) is 22.7. The van der Waals surface area contributed by atoms with Crippen LogP contribution in [0.3, 0.4) is 0 Å². The zero-order valence-electron chi connectivity index (χ0n) is 15.1. The Hall–Kier alpha value is -2.62. The molecule has 0 aliphatic heterocycles. The summed E-state index contributed by atoms with van der Waals surface area (Å²) in [7, 11) is -3.88. The number of aromatic nitrogens is 1. The summed E-state index contributed by atoms with van der Waals surface area (Å²) >= 11 is 0.712. The van der Waals surface area contributed by atoms with E-state index < -0.39 is 38.5 Å². The van der Waals surface area contributed by atoms with Gasteiger partial charge in [-0.15, -0.1) is 0 Å². The topological polar surface area (TPSA) is 126 Å². The summed E-state index contributed by atoms with van der Waals surface area (Å²) in [5, 5.41) is 15.6. The molecule has 29 heavy (non-hydrogen) atoms. The molecular weight excluding hydrogens is 429 g/mol. The van der Waals surface area contributed by atoms with Crippen molar-refractivity contribution in [2.24, 2.45) is 5.14 Å². The zero-order chi connectivity index (χ0) is 22.0. The number of pyridine rings is 1. The second-order valence-corrected chi connectivity index (χ2v) is 8.81. The van der Waals surface area contributed by atoms with Crippen molar-refractivity contribution >= 4 is 33.4 Å². The van der Waals surface area contributed by atoms with E-state index in [1.54, 1.807) is 0 Å². The van der Waals surface area contributed by atoms with Gasteiger partial charge in [0.05, 0.1) is 21.3 Å². The molecule has 7 nitrogen and oxygen atoms in total. The summed E-state index contributed by atoms with van der Waals surface area (Å²) in [4.78, 5) is 16.2. The lowest BCUT2D eigenvalue weighted by atomic mass is 10.1. The molecule has 0 bridgehead atoms. The number of nitrogens with two attached hydrogens (primary N) is 1. The number of hydrogen-bond donors (Lipinski definition) is 2. The van der Waals surface area contributed by atoms with Gasteiger partial charge in [-0.05, 0) is 44.2 Å². The maximum atomic E-state index is 13.2. The number of hydrogen-bond acceptors (Lipinski definition) is 6. The number of carbonyl (C=O) groups excluding carboxylic acids is 1. The minimum Gasteiger partial charge on any atom is -0.325 e. The molecule has 2 aromatic rings. The van der Waals surface area contributed by atoms with Crippen molar-refractivity contribution in [3.63, 3.8) is 0 Å². The molecule has 0 aliphatic rings. The molecule has 1 aromatic carbocycles. The molecule has 0 spiro atoms. The number of alkyl halides is 3. The number of primary sulfonamides is 1. The van der Waals surface area contributed by atoms with Crippen molar-refractivity contribution in [2.75, 3.05) is 5.32 Å². The highest BCUT2D eigenvalue weighted by molar-refractivity contribution is 8.00. The van der Waals surface area contributed by atoms with Gasteiger partial charge in [-0.25, -0.2) is 18.5 Å². The second kappa shape index (κ2) is 8.40. The summed E-state index contributed by atoms with van der Waals surface area (Å²) < 4.78 is 62.0. The number of nitriles is 1. The highest BCUT2D eigenvalue weighted by Gasteiger charge is 2.36. The summed E-state index contributed by atoms with van der Waals surface area (Å²) in [6.45, 7) is 2.80. The van der Waals surface area contributed by atoms with Crippen LogP contribution in [0.15, 0.2) is 40.3 Å². The fourth-order valence-electron chi connectivity index (χ4n) is 2.25. The monoisotopic (exact) mass is 444 g/mol. The normalized spacial score (nSPS) is 12.9. The molecule has 2 rings (SSSR count). The highest BCUT2D eigenvalue weighted by Crippen LogP contribution is 2.37. The molecule has 1 amide bonds. The van der Waals surface area contributed by atoms with E-state index in [-0.39, 0.29) is 21.3 Å². The molecule has 0 aliphatic carbocycles. The Morgan fingerprint density at radius 1 is 1.31 bits per heavy atom. The van der Waals surface area contributed by atoms with Gasteiger partial charge in [0.25, 0.3) is 0 Å². The van der Waals surface area contributed by atoms with Crippen molar-refractivity contribution in [3.8, 4) is 6.07 Å². The molecule has 0 saturated heterocycles. The number of thioether (sulfide) groups is 1. The van der Waals surface area contributed by atoms with E-state index in [2.05, 4.69) is 10.3 Å². The lowest BCUT2D eigenvalue weighted by molar-refractivity contribution is -0.138. The van der Waals surface area contributed by atoms with E-state index in [9.17, 15) is 26.4 Å². The maximum absolute atomic E-state index is 13.2. The Morgan fingerprint density at radius 2 is 1.90 bits per heavy atom. The van der Waals surface area contributed by atoms with E-state index in [0.29, 0.717) is 11.8 Å². The smallest absolute Gasteiger partial charge is 0.325 e. The molecule has 154 valence electrons. The van der Waals surface area contributed by atoms with Crippen LogP contribution < -0.4 is 10.5 Å². The Balaban J connectivity index is 2.22. The van der Waals surface area contributed by atoms with Crippen LogP contribution in [0.4, 0.5) is 18.9 Å². The Bertz CT molecular complexity index is 1080. The standard InChI is InChI=1S/C17H15F3N4O3S2/c1-9-7-14(17(18,19)20)13(8-21)16(23-9)28-10(2)15(25)24-11-3-5-12(6-4-11)29(22,26)27/h3-7,10H,1-2H3,(H,24,25)(H2,22,26,27). The van der Waals surface area contributed by atoms with Crippen LogP contribution in [0.5, 0.6) is 0 Å². The van der Waals surface area contributed by atoms with E-state index in [1.807, 2.05) is 0 Å². The Morgan fingerprint density at radius 3 is 2.38 bits per heavy atom. The van der Waals surface area contributed by atoms with E-state index in [0.717, 1.165) is 6.07 Å². The fourth-order valence-corrected chi connectivity index (χ4v) is 3.74. The van der Waals surface area contributed by atoms with Gasteiger partial charge >= 0.3 is 6.18 Å². The highest BCUT2D eigenvalue weighted by atomic mass is 32.2. The van der Waals surface area contributed by atoms with Crippen LogP contribution >= 0.6 is 11.8 Å². The summed E-state index contributed by atoms with van der Waals surface area (Å²) in [5.41, 5.74) is -1.43. The number of nitrogens with zero attached hydrogens (tertiary/aromatic N) is 2. The van der Waals surface area contributed by atoms with Crippen molar-refractivity contribution < 1.29 is 26.4 Å². The fraction of sp³-hybridized carbons (Fsp3) is 0.235. The largest absolute Gasteiger partial charge is 0.417 e. The van der Waals surface area contributed by atoms with Crippen LogP contribution in [-0.2, 0) is 21.0 Å². The number of carbonyl (C=O) groups is 1. The van der Waals surface area contributed by atoms with E-state index in [4.69, 9.17) is 10.4 Å². The van der Waals surface area contributed by atoms with E-state index in [1.165, 1.54) is 44.2 Å². The predicted octanol–water partition coefficient (Wildman–Crippen LogP) is 3.05. The Kier molecular flexibility index (Phi) is 6.56. The lowest BCUT2D eigenvalue weighted by Gasteiger charge is -2.16. The SMILES string of the molecule is Cc1cc(C(F)(F)F)c(C#N)c(SC(C)C(=O)Nc2ccc(S(N)(=O)=O)cc2)n1. The first-order chi connectivity index (χ1) is 13.3. The van der Waals surface area contributed by atoms with Gasteiger partial charge < -0.3 is 5.32 Å². The van der Waals surface area contributed by atoms with Crippen LogP contribution in [0.2, 0.25) is 0 Å². The molecule has 12 heteroatoms. The van der Waals surface area contributed by atoms with Crippen LogP contribution in [0.25, 0.3) is 0 Å². The molecule has 1 atom stereocenters. The van der Waals surface area contributed by atoms with Gasteiger partial charge in [0, 0.05) is 11.4 Å². The molecule has 1 unspecified atom stereocenters. The molecule has 1 heterocycles. The van der Waals surface area contributed by atoms with Crippen molar-refractivity contribution in [1.82, 2.24) is 4.98 Å². The number of benzene rings is 1. The van der Waals surface area contributed by atoms with Crippen molar-refractivity contribution in [3.05, 3.63) is 47.2 Å². The lowest BCUT2D eigenvalue weighted by Crippen LogP contribution is -2.23. The van der Waals surface area contributed by atoms with Crippen molar-refractivity contribution in [2.45, 2.75) is 35.2 Å². The number of sulfonamides is 1. The molecular formula is C17H15F3N4O3S2. The zero-order valence-corrected chi connectivity index (χ0v) is 16.7. The number of amides is 1. The van der Waals surface area contributed by atoms with Gasteiger partial charge in [-0.1, -0.05) is 11.8 Å². The Labute approximate surface area is 169 Å². The molecule has 0 radical (unpaired) electrons. The third-order valence-corrected chi connectivity index (χ3v) is 5.66. The average molecular weight is 444 g/mol. The minimum atomic E-state index is -4.73. The number of aryl methyl sites for hydroxylation is 1. The molecule has 1 aromatic heterocycles. The summed E-state index contributed by atoms with van der Waals surface area (Å²) in [6, 6.07) is 7.34. The third-order valence-electron chi connectivity index (χ3n) is 3.64. The van der Waals surface area contributed by atoms with Crippen LogP contribution in [-0.4, -0.2) is 24.6 Å². The second-order valence-electron chi connectivity index (χ2n) is 5.92. The third kappa shape index (κ3) is 5.69. The van der Waals surface area contributed by atoms with Crippen molar-refractivity contribution in [1.29, 1.82) is 5.26 Å². The maximum Gasteiger partial charge on any atom is 0.417 e. The van der Waals surface area contributed by atoms with Crippen LogP contribution in [0, 0.1) is 18.3 Å². The number of rotatable bonds is 5. The van der Waals surface area contributed by atoms with Gasteiger partial charge in [0.15, 0.2) is 0 Å². The van der Waals surface area contributed by atoms with Gasteiger partial charge in [-0.3, -0.25) is 4.79 Å². The van der Waals surface area contributed by atoms with Gasteiger partial charge in [0.1, 0.15) is 11.1 Å². The summed E-state index contributed by atoms with van der Waals surface area (Å²) in [6.07, 6.45) is -4.73. The van der Waals surface area contributed by atoms with Crippen LogP contribution in [0.1, 0.15) is 23.7 Å². The molecule has 0 saturated carbocycles. The number of anilines is 1. The minimum absolute atomic E-state index is 0.0602. The summed E-state index contributed by atoms with van der Waals surface area (Å²) in [5.74, 6) is -0.570.